The maximum absolute atomic E-state index is 12.3. The van der Waals surface area contributed by atoms with Crippen LogP contribution in [-0.4, -0.2) is 34.0 Å². The summed E-state index contributed by atoms with van der Waals surface area (Å²) in [6.07, 6.45) is 7.48. The Kier molecular flexibility index (Phi) is 3.34. The molecule has 3 rings (SSSR count). The number of aryl methyl sites for hydroxylation is 2. The normalized spacial score (nSPS) is 17.8. The third-order valence-electron chi connectivity index (χ3n) is 3.97. The fraction of sp³-hybridized carbons (Fsp3) is 0.467. The van der Waals surface area contributed by atoms with Gasteiger partial charge in [-0.3, -0.25) is 4.79 Å². The third kappa shape index (κ3) is 2.35. The predicted molar refractivity (Wildman–Crippen MR) is 74.4 cm³/mol. The van der Waals surface area contributed by atoms with Crippen LogP contribution in [0.3, 0.4) is 0 Å². The molecule has 0 spiro atoms. The lowest BCUT2D eigenvalue weighted by Crippen LogP contribution is -2.35. The number of furan rings is 1. The summed E-state index contributed by atoms with van der Waals surface area (Å²) in [6.45, 7) is 3.57. The Labute approximate surface area is 118 Å². The van der Waals surface area contributed by atoms with E-state index in [1.807, 2.05) is 32.4 Å². The summed E-state index contributed by atoms with van der Waals surface area (Å²) in [5.41, 5.74) is 0.891. The zero-order chi connectivity index (χ0) is 14.1. The number of fused-ring (bicyclic) bond motifs is 1. The molecule has 0 aliphatic carbocycles. The van der Waals surface area contributed by atoms with Crippen molar-refractivity contribution in [2.75, 3.05) is 13.6 Å². The minimum Gasteiger partial charge on any atom is -0.459 e. The van der Waals surface area contributed by atoms with Gasteiger partial charge >= 0.3 is 0 Å². The molecule has 3 heterocycles. The Hall–Kier alpha value is -2.04. The van der Waals surface area contributed by atoms with E-state index < -0.39 is 0 Å². The first-order valence-electron chi connectivity index (χ1n) is 6.94. The maximum Gasteiger partial charge on any atom is 0.289 e. The molecule has 2 aromatic rings. The van der Waals surface area contributed by atoms with Crippen molar-refractivity contribution in [2.24, 2.45) is 5.92 Å². The van der Waals surface area contributed by atoms with Gasteiger partial charge in [0.2, 0.25) is 0 Å². The number of imidazole rings is 1. The molecule has 20 heavy (non-hydrogen) atoms. The monoisotopic (exact) mass is 273 g/mol. The van der Waals surface area contributed by atoms with Gasteiger partial charge in [-0.05, 0) is 25.3 Å². The highest BCUT2D eigenvalue weighted by molar-refractivity contribution is 5.92. The van der Waals surface area contributed by atoms with Gasteiger partial charge in [0.25, 0.3) is 5.91 Å². The minimum atomic E-state index is -0.0380. The standard InChI is InChI=1S/C15H19N3O2/c1-11-5-8-20-14(11)15(19)17(2)9-12-3-4-13-16-6-7-18(13)10-12/h5-8,12H,3-4,9-10H2,1-2H3/t12-/m0/s1. The predicted octanol–water partition coefficient (Wildman–Crippen LogP) is 2.12. The number of nitrogens with zero attached hydrogens (tertiary/aromatic N) is 3. The van der Waals surface area contributed by atoms with Gasteiger partial charge in [-0.2, -0.15) is 0 Å². The third-order valence-corrected chi connectivity index (χ3v) is 3.97. The van der Waals surface area contributed by atoms with Crippen molar-refractivity contribution in [3.63, 3.8) is 0 Å². The zero-order valence-corrected chi connectivity index (χ0v) is 11.9. The Bertz CT molecular complexity index is 614. The van der Waals surface area contributed by atoms with Crippen molar-refractivity contribution in [3.8, 4) is 0 Å². The van der Waals surface area contributed by atoms with Crippen LogP contribution in [0.2, 0.25) is 0 Å². The van der Waals surface area contributed by atoms with E-state index in [9.17, 15) is 4.79 Å². The van der Waals surface area contributed by atoms with E-state index in [0.717, 1.165) is 37.3 Å². The number of hydrogen-bond donors (Lipinski definition) is 0. The molecule has 0 aromatic carbocycles. The topological polar surface area (TPSA) is 51.3 Å². The average Bonchev–Trinajstić information content (AvgIpc) is 3.05. The van der Waals surface area contributed by atoms with Crippen molar-refractivity contribution in [1.82, 2.24) is 14.5 Å². The Morgan fingerprint density at radius 1 is 1.60 bits per heavy atom. The first-order chi connectivity index (χ1) is 9.65. The molecule has 1 aliphatic rings. The fourth-order valence-corrected chi connectivity index (χ4v) is 2.82. The number of amides is 1. The molecule has 5 nitrogen and oxygen atoms in total. The van der Waals surface area contributed by atoms with Gasteiger partial charge in [0.05, 0.1) is 6.26 Å². The van der Waals surface area contributed by atoms with Gasteiger partial charge in [-0.1, -0.05) is 0 Å². The van der Waals surface area contributed by atoms with E-state index in [2.05, 4.69) is 9.55 Å². The van der Waals surface area contributed by atoms with E-state index in [1.54, 1.807) is 11.2 Å². The van der Waals surface area contributed by atoms with Crippen molar-refractivity contribution in [3.05, 3.63) is 41.9 Å². The SMILES string of the molecule is Cc1ccoc1C(=O)N(C)C[C@@H]1CCc2nccn2C1. The van der Waals surface area contributed by atoms with Gasteiger partial charge in [0, 0.05) is 44.5 Å². The second-order valence-electron chi connectivity index (χ2n) is 5.52. The molecule has 2 aromatic heterocycles. The summed E-state index contributed by atoms with van der Waals surface area (Å²) in [7, 11) is 1.84. The number of aromatic nitrogens is 2. The van der Waals surface area contributed by atoms with Gasteiger partial charge in [0.15, 0.2) is 5.76 Å². The van der Waals surface area contributed by atoms with Crippen molar-refractivity contribution in [1.29, 1.82) is 0 Å². The summed E-state index contributed by atoms with van der Waals surface area (Å²) < 4.78 is 7.46. The van der Waals surface area contributed by atoms with E-state index in [1.165, 1.54) is 0 Å². The Balaban J connectivity index is 1.64. The van der Waals surface area contributed by atoms with E-state index in [-0.39, 0.29) is 5.91 Å². The molecule has 5 heteroatoms. The number of carbonyl (C=O) groups is 1. The summed E-state index contributed by atoms with van der Waals surface area (Å²) in [5, 5.41) is 0. The van der Waals surface area contributed by atoms with Crippen LogP contribution in [0.25, 0.3) is 0 Å². The van der Waals surface area contributed by atoms with Crippen molar-refractivity contribution in [2.45, 2.75) is 26.3 Å². The Morgan fingerprint density at radius 2 is 2.45 bits per heavy atom. The van der Waals surface area contributed by atoms with E-state index in [4.69, 9.17) is 4.42 Å². The molecule has 0 fully saturated rings. The van der Waals surface area contributed by atoms with Crippen LogP contribution in [0, 0.1) is 12.8 Å². The molecule has 1 aliphatic heterocycles. The first kappa shape index (κ1) is 13.0. The summed E-state index contributed by atoms with van der Waals surface area (Å²) in [6, 6.07) is 1.82. The maximum atomic E-state index is 12.3. The molecular formula is C15H19N3O2. The summed E-state index contributed by atoms with van der Waals surface area (Å²) in [4.78, 5) is 18.4. The van der Waals surface area contributed by atoms with Crippen LogP contribution in [0.4, 0.5) is 0 Å². The van der Waals surface area contributed by atoms with E-state index in [0.29, 0.717) is 11.7 Å². The number of rotatable bonds is 3. The van der Waals surface area contributed by atoms with Crippen LogP contribution < -0.4 is 0 Å². The Morgan fingerprint density at radius 3 is 3.20 bits per heavy atom. The van der Waals surface area contributed by atoms with Gasteiger partial charge < -0.3 is 13.9 Å². The molecule has 1 atom stereocenters. The van der Waals surface area contributed by atoms with Crippen LogP contribution in [-0.2, 0) is 13.0 Å². The highest BCUT2D eigenvalue weighted by Crippen LogP contribution is 2.20. The lowest BCUT2D eigenvalue weighted by atomic mass is 9.99. The summed E-state index contributed by atoms with van der Waals surface area (Å²) >= 11 is 0. The molecule has 106 valence electrons. The fourth-order valence-electron chi connectivity index (χ4n) is 2.82. The number of hydrogen-bond acceptors (Lipinski definition) is 3. The highest BCUT2D eigenvalue weighted by Gasteiger charge is 2.24. The van der Waals surface area contributed by atoms with Crippen LogP contribution in [0.5, 0.6) is 0 Å². The molecular weight excluding hydrogens is 254 g/mol. The second kappa shape index (κ2) is 5.15. The van der Waals surface area contributed by atoms with E-state index >= 15 is 0 Å². The largest absolute Gasteiger partial charge is 0.459 e. The molecule has 0 saturated carbocycles. The van der Waals surface area contributed by atoms with Crippen LogP contribution in [0.15, 0.2) is 29.1 Å². The quantitative estimate of drug-likeness (QED) is 0.860. The molecule has 0 bridgehead atoms. The van der Waals surface area contributed by atoms with Gasteiger partial charge in [-0.15, -0.1) is 0 Å². The number of carbonyl (C=O) groups excluding carboxylic acids is 1. The van der Waals surface area contributed by atoms with Gasteiger partial charge in [-0.25, -0.2) is 4.98 Å². The second-order valence-corrected chi connectivity index (χ2v) is 5.52. The first-order valence-corrected chi connectivity index (χ1v) is 6.94. The molecule has 0 saturated heterocycles. The molecule has 1 amide bonds. The molecule has 0 radical (unpaired) electrons. The van der Waals surface area contributed by atoms with Gasteiger partial charge in [0.1, 0.15) is 5.82 Å². The summed E-state index contributed by atoms with van der Waals surface area (Å²) in [5.74, 6) is 2.04. The smallest absolute Gasteiger partial charge is 0.289 e. The van der Waals surface area contributed by atoms with Crippen molar-refractivity contribution >= 4 is 5.91 Å². The molecule has 0 N–H and O–H groups in total. The average molecular weight is 273 g/mol. The lowest BCUT2D eigenvalue weighted by molar-refractivity contribution is 0.0728. The molecule has 0 unspecified atom stereocenters. The van der Waals surface area contributed by atoms with Crippen LogP contribution in [0.1, 0.15) is 28.4 Å². The minimum absolute atomic E-state index is 0.0380. The lowest BCUT2D eigenvalue weighted by Gasteiger charge is -2.27. The highest BCUT2D eigenvalue weighted by atomic mass is 16.3. The zero-order valence-electron chi connectivity index (χ0n) is 11.9. The van der Waals surface area contributed by atoms with Crippen molar-refractivity contribution < 1.29 is 9.21 Å². The van der Waals surface area contributed by atoms with Crippen LogP contribution >= 0.6 is 0 Å².